The summed E-state index contributed by atoms with van der Waals surface area (Å²) in [6.45, 7) is 1.43. The first-order valence-corrected chi connectivity index (χ1v) is 5.81. The smallest absolute Gasteiger partial charge is 0.125 e. The molecular weight excluding hydrogens is 210 g/mol. The van der Waals surface area contributed by atoms with Gasteiger partial charge in [-0.25, -0.2) is 4.98 Å². The number of anilines is 1. The Kier molecular flexibility index (Phi) is 4.11. The highest BCUT2D eigenvalue weighted by Crippen LogP contribution is 2.05. The van der Waals surface area contributed by atoms with Gasteiger partial charge in [-0.05, 0) is 23.6 Å². The fraction of sp³-hybridized carbons (Fsp3) is 0.214. The molecule has 0 radical (unpaired) electrons. The van der Waals surface area contributed by atoms with Gasteiger partial charge < -0.3 is 11.1 Å². The van der Waals surface area contributed by atoms with Gasteiger partial charge in [-0.3, -0.25) is 0 Å². The average Bonchev–Trinajstić information content (AvgIpc) is 2.41. The second-order valence-electron chi connectivity index (χ2n) is 3.92. The van der Waals surface area contributed by atoms with E-state index in [1.807, 2.05) is 24.4 Å². The van der Waals surface area contributed by atoms with Crippen LogP contribution in [0.15, 0.2) is 48.7 Å². The predicted octanol–water partition coefficient (Wildman–Crippen LogP) is 2.19. The number of nitrogens with zero attached hydrogens (tertiary/aromatic N) is 1. The summed E-state index contributed by atoms with van der Waals surface area (Å²) in [5.74, 6) is 0.901. The van der Waals surface area contributed by atoms with Crippen LogP contribution < -0.4 is 11.1 Å². The normalized spacial score (nSPS) is 10.2. The lowest BCUT2D eigenvalue weighted by molar-refractivity contribution is 0.996. The first-order chi connectivity index (χ1) is 8.38. The molecule has 0 aliphatic rings. The lowest BCUT2D eigenvalue weighted by Crippen LogP contribution is -2.06. The zero-order chi connectivity index (χ0) is 11.9. The number of hydrogen-bond donors (Lipinski definition) is 2. The van der Waals surface area contributed by atoms with E-state index in [0.717, 1.165) is 24.3 Å². The number of benzene rings is 1. The van der Waals surface area contributed by atoms with Gasteiger partial charge in [0.2, 0.25) is 0 Å². The van der Waals surface area contributed by atoms with Gasteiger partial charge in [-0.1, -0.05) is 36.4 Å². The Morgan fingerprint density at radius 1 is 1.00 bits per heavy atom. The Balaban J connectivity index is 1.82. The van der Waals surface area contributed by atoms with E-state index < -0.39 is 0 Å². The first kappa shape index (κ1) is 11.6. The molecule has 1 aromatic carbocycles. The lowest BCUT2D eigenvalue weighted by atomic mass is 10.1. The van der Waals surface area contributed by atoms with Crippen molar-refractivity contribution in [1.29, 1.82) is 0 Å². The van der Waals surface area contributed by atoms with E-state index in [1.165, 1.54) is 5.56 Å². The van der Waals surface area contributed by atoms with Crippen molar-refractivity contribution in [2.24, 2.45) is 5.73 Å². The van der Waals surface area contributed by atoms with Crippen LogP contribution in [0.3, 0.4) is 0 Å². The molecule has 2 rings (SSSR count). The minimum absolute atomic E-state index is 0.539. The zero-order valence-electron chi connectivity index (χ0n) is 9.76. The summed E-state index contributed by atoms with van der Waals surface area (Å²) < 4.78 is 0. The molecule has 0 amide bonds. The SMILES string of the molecule is NCc1ccc(NCCc2ccccc2)nc1. The molecule has 0 saturated heterocycles. The topological polar surface area (TPSA) is 50.9 Å². The number of pyridine rings is 1. The largest absolute Gasteiger partial charge is 0.370 e. The summed E-state index contributed by atoms with van der Waals surface area (Å²) in [5.41, 5.74) is 7.90. The van der Waals surface area contributed by atoms with Crippen molar-refractivity contribution >= 4 is 5.82 Å². The molecule has 1 heterocycles. The summed E-state index contributed by atoms with van der Waals surface area (Å²) in [5, 5.41) is 3.29. The Morgan fingerprint density at radius 3 is 2.47 bits per heavy atom. The van der Waals surface area contributed by atoms with Gasteiger partial charge in [-0.2, -0.15) is 0 Å². The third-order valence-corrected chi connectivity index (χ3v) is 2.62. The van der Waals surface area contributed by atoms with Crippen molar-refractivity contribution in [3.8, 4) is 0 Å². The van der Waals surface area contributed by atoms with E-state index in [0.29, 0.717) is 6.54 Å². The highest BCUT2D eigenvalue weighted by Gasteiger charge is 1.95. The molecule has 0 atom stereocenters. The molecule has 0 spiro atoms. The van der Waals surface area contributed by atoms with E-state index in [2.05, 4.69) is 34.6 Å². The van der Waals surface area contributed by atoms with Crippen LogP contribution in [0, 0.1) is 0 Å². The lowest BCUT2D eigenvalue weighted by Gasteiger charge is -2.06. The second kappa shape index (κ2) is 6.01. The van der Waals surface area contributed by atoms with E-state index in [1.54, 1.807) is 0 Å². The molecule has 3 N–H and O–H groups in total. The Morgan fingerprint density at radius 2 is 1.82 bits per heavy atom. The monoisotopic (exact) mass is 227 g/mol. The number of nitrogens with one attached hydrogen (secondary N) is 1. The van der Waals surface area contributed by atoms with Crippen molar-refractivity contribution in [2.45, 2.75) is 13.0 Å². The van der Waals surface area contributed by atoms with Crippen molar-refractivity contribution < 1.29 is 0 Å². The highest BCUT2D eigenvalue weighted by atomic mass is 15.0. The molecule has 0 saturated carbocycles. The maximum Gasteiger partial charge on any atom is 0.125 e. The average molecular weight is 227 g/mol. The Bertz CT molecular complexity index is 437. The van der Waals surface area contributed by atoms with Crippen LogP contribution in [0.25, 0.3) is 0 Å². The maximum atomic E-state index is 5.52. The molecular formula is C14H17N3. The van der Waals surface area contributed by atoms with Crippen LogP contribution in [0.1, 0.15) is 11.1 Å². The van der Waals surface area contributed by atoms with Crippen LogP contribution in [0.4, 0.5) is 5.82 Å². The minimum Gasteiger partial charge on any atom is -0.370 e. The molecule has 0 bridgehead atoms. The van der Waals surface area contributed by atoms with Gasteiger partial charge in [0.05, 0.1) is 0 Å². The van der Waals surface area contributed by atoms with Crippen LogP contribution in [0.2, 0.25) is 0 Å². The second-order valence-corrected chi connectivity index (χ2v) is 3.92. The van der Waals surface area contributed by atoms with Gasteiger partial charge >= 0.3 is 0 Å². The molecule has 0 aliphatic heterocycles. The summed E-state index contributed by atoms with van der Waals surface area (Å²) in [6, 6.07) is 14.4. The summed E-state index contributed by atoms with van der Waals surface area (Å²) in [7, 11) is 0. The number of aromatic nitrogens is 1. The molecule has 17 heavy (non-hydrogen) atoms. The standard InChI is InChI=1S/C14H17N3/c15-10-13-6-7-14(17-11-13)16-9-8-12-4-2-1-3-5-12/h1-7,11H,8-10,15H2,(H,16,17). The van der Waals surface area contributed by atoms with E-state index in [-0.39, 0.29) is 0 Å². The summed E-state index contributed by atoms with van der Waals surface area (Å²) in [6.07, 6.45) is 2.81. The Labute approximate surface area is 102 Å². The van der Waals surface area contributed by atoms with Gasteiger partial charge in [-0.15, -0.1) is 0 Å². The number of nitrogens with two attached hydrogens (primary N) is 1. The highest BCUT2D eigenvalue weighted by molar-refractivity contribution is 5.35. The van der Waals surface area contributed by atoms with E-state index >= 15 is 0 Å². The zero-order valence-corrected chi connectivity index (χ0v) is 9.76. The maximum absolute atomic E-state index is 5.52. The van der Waals surface area contributed by atoms with Crippen LogP contribution in [0.5, 0.6) is 0 Å². The fourth-order valence-electron chi connectivity index (χ4n) is 1.63. The molecule has 88 valence electrons. The van der Waals surface area contributed by atoms with E-state index in [4.69, 9.17) is 5.73 Å². The molecule has 3 nitrogen and oxygen atoms in total. The third-order valence-electron chi connectivity index (χ3n) is 2.62. The summed E-state index contributed by atoms with van der Waals surface area (Å²) >= 11 is 0. The molecule has 2 aromatic rings. The first-order valence-electron chi connectivity index (χ1n) is 5.81. The minimum atomic E-state index is 0.539. The van der Waals surface area contributed by atoms with Crippen LogP contribution in [-0.4, -0.2) is 11.5 Å². The van der Waals surface area contributed by atoms with Crippen molar-refractivity contribution in [3.63, 3.8) is 0 Å². The van der Waals surface area contributed by atoms with Crippen LogP contribution in [-0.2, 0) is 13.0 Å². The predicted molar refractivity (Wildman–Crippen MR) is 70.8 cm³/mol. The number of rotatable bonds is 5. The van der Waals surface area contributed by atoms with Gasteiger partial charge in [0, 0.05) is 19.3 Å². The molecule has 3 heteroatoms. The third kappa shape index (κ3) is 3.57. The fourth-order valence-corrected chi connectivity index (χ4v) is 1.63. The van der Waals surface area contributed by atoms with Gasteiger partial charge in [0.1, 0.15) is 5.82 Å². The number of hydrogen-bond acceptors (Lipinski definition) is 3. The molecule has 0 unspecified atom stereocenters. The Hall–Kier alpha value is -1.87. The van der Waals surface area contributed by atoms with Gasteiger partial charge in [0.25, 0.3) is 0 Å². The summed E-state index contributed by atoms with van der Waals surface area (Å²) in [4.78, 5) is 4.29. The van der Waals surface area contributed by atoms with Crippen molar-refractivity contribution in [1.82, 2.24) is 4.98 Å². The molecule has 0 fully saturated rings. The van der Waals surface area contributed by atoms with Crippen LogP contribution >= 0.6 is 0 Å². The molecule has 0 aliphatic carbocycles. The van der Waals surface area contributed by atoms with E-state index in [9.17, 15) is 0 Å². The van der Waals surface area contributed by atoms with Crippen molar-refractivity contribution in [2.75, 3.05) is 11.9 Å². The van der Waals surface area contributed by atoms with Gasteiger partial charge in [0.15, 0.2) is 0 Å². The van der Waals surface area contributed by atoms with Crippen molar-refractivity contribution in [3.05, 3.63) is 59.8 Å². The molecule has 1 aromatic heterocycles. The quantitative estimate of drug-likeness (QED) is 0.823.